The summed E-state index contributed by atoms with van der Waals surface area (Å²) in [4.78, 5) is 11.3. The van der Waals surface area contributed by atoms with Crippen LogP contribution in [0.2, 0.25) is 0 Å². The highest BCUT2D eigenvalue weighted by molar-refractivity contribution is 9.10. The quantitative estimate of drug-likeness (QED) is 0.921. The molecule has 0 aromatic heterocycles. The molecule has 1 aliphatic heterocycles. The Morgan fingerprint density at radius 2 is 2.16 bits per heavy atom. The summed E-state index contributed by atoms with van der Waals surface area (Å²) in [6, 6.07) is 3.44. The van der Waals surface area contributed by atoms with Gasteiger partial charge in [0.1, 0.15) is 11.3 Å². The lowest BCUT2D eigenvalue weighted by molar-refractivity contribution is 0.0489. The van der Waals surface area contributed by atoms with Gasteiger partial charge in [-0.05, 0) is 43.4 Å². The zero-order chi connectivity index (χ0) is 13.8. The van der Waals surface area contributed by atoms with Crippen molar-refractivity contribution in [1.29, 1.82) is 0 Å². The number of carbonyl (C=O) groups is 1. The molecule has 1 saturated heterocycles. The van der Waals surface area contributed by atoms with E-state index >= 15 is 0 Å². The highest BCUT2D eigenvalue weighted by Gasteiger charge is 2.19. The molecule has 1 aromatic carbocycles. The zero-order valence-electron chi connectivity index (χ0n) is 10.8. The van der Waals surface area contributed by atoms with Crippen molar-refractivity contribution in [3.63, 3.8) is 0 Å². The van der Waals surface area contributed by atoms with Crippen LogP contribution in [0.15, 0.2) is 16.6 Å². The summed E-state index contributed by atoms with van der Waals surface area (Å²) < 4.78 is 11.8. The van der Waals surface area contributed by atoms with Gasteiger partial charge in [-0.1, -0.05) is 15.9 Å². The first-order valence-corrected chi connectivity index (χ1v) is 7.11. The van der Waals surface area contributed by atoms with Crippen molar-refractivity contribution in [3.8, 4) is 5.75 Å². The first-order chi connectivity index (χ1) is 9.08. The maximum atomic E-state index is 11.3. The Balaban J connectivity index is 2.12. The SMILES string of the molecule is Cc1cc(Br)cc(C(=O)O)c1OCC1CCOCC1. The van der Waals surface area contributed by atoms with Gasteiger partial charge in [-0.25, -0.2) is 4.79 Å². The lowest BCUT2D eigenvalue weighted by atomic mass is 10.0. The predicted molar refractivity (Wildman–Crippen MR) is 74.9 cm³/mol. The second-order valence-corrected chi connectivity index (χ2v) is 5.69. The number of aryl methyl sites for hydroxylation is 1. The number of carboxylic acid groups (broad SMARTS) is 1. The molecule has 4 nitrogen and oxygen atoms in total. The van der Waals surface area contributed by atoms with Crippen LogP contribution in [0.1, 0.15) is 28.8 Å². The van der Waals surface area contributed by atoms with E-state index < -0.39 is 5.97 Å². The standard InChI is InChI=1S/C14H17BrO4/c1-9-6-11(15)7-12(14(16)17)13(9)19-8-10-2-4-18-5-3-10/h6-7,10H,2-5,8H2,1H3,(H,16,17). The molecule has 1 heterocycles. The average molecular weight is 329 g/mol. The van der Waals surface area contributed by atoms with Crippen LogP contribution in [0.5, 0.6) is 5.75 Å². The minimum Gasteiger partial charge on any atom is -0.492 e. The summed E-state index contributed by atoms with van der Waals surface area (Å²) in [7, 11) is 0. The molecule has 1 aromatic rings. The van der Waals surface area contributed by atoms with Crippen LogP contribution in [0.3, 0.4) is 0 Å². The van der Waals surface area contributed by atoms with E-state index in [1.54, 1.807) is 6.07 Å². The van der Waals surface area contributed by atoms with Crippen LogP contribution in [0.4, 0.5) is 0 Å². The molecular weight excluding hydrogens is 312 g/mol. The molecule has 0 amide bonds. The summed E-state index contributed by atoms with van der Waals surface area (Å²) in [6.07, 6.45) is 1.94. The first kappa shape index (κ1) is 14.3. The molecule has 5 heteroatoms. The monoisotopic (exact) mass is 328 g/mol. The van der Waals surface area contributed by atoms with Gasteiger partial charge in [0.15, 0.2) is 0 Å². The summed E-state index contributed by atoms with van der Waals surface area (Å²) in [5.74, 6) is -0.0491. The number of aromatic carboxylic acids is 1. The molecule has 0 bridgehead atoms. The smallest absolute Gasteiger partial charge is 0.339 e. The summed E-state index contributed by atoms with van der Waals surface area (Å²) in [5.41, 5.74) is 1.04. The molecule has 0 aliphatic carbocycles. The lowest BCUT2D eigenvalue weighted by Gasteiger charge is -2.23. The molecule has 0 radical (unpaired) electrons. The van der Waals surface area contributed by atoms with E-state index in [0.717, 1.165) is 36.1 Å². The van der Waals surface area contributed by atoms with Crippen LogP contribution in [-0.4, -0.2) is 30.9 Å². The summed E-state index contributed by atoms with van der Waals surface area (Å²) in [5, 5.41) is 9.23. The van der Waals surface area contributed by atoms with Gasteiger partial charge in [0.25, 0.3) is 0 Å². The second kappa shape index (κ2) is 6.39. The number of carboxylic acids is 1. The van der Waals surface area contributed by atoms with Gasteiger partial charge in [-0.15, -0.1) is 0 Å². The molecule has 0 saturated carbocycles. The van der Waals surface area contributed by atoms with E-state index in [1.807, 2.05) is 13.0 Å². The number of halogens is 1. The van der Waals surface area contributed by atoms with Crippen LogP contribution in [-0.2, 0) is 4.74 Å². The second-order valence-electron chi connectivity index (χ2n) is 4.77. The van der Waals surface area contributed by atoms with Gasteiger partial charge in [0.2, 0.25) is 0 Å². The summed E-state index contributed by atoms with van der Waals surface area (Å²) >= 11 is 3.31. The third-order valence-corrected chi connectivity index (χ3v) is 3.73. The van der Waals surface area contributed by atoms with Gasteiger partial charge in [0, 0.05) is 17.7 Å². The molecule has 1 N–H and O–H groups in total. The summed E-state index contributed by atoms with van der Waals surface area (Å²) in [6.45, 7) is 3.93. The molecule has 1 fully saturated rings. The first-order valence-electron chi connectivity index (χ1n) is 6.32. The fourth-order valence-electron chi connectivity index (χ4n) is 2.19. The Kier molecular flexibility index (Phi) is 4.82. The zero-order valence-corrected chi connectivity index (χ0v) is 12.4. The van der Waals surface area contributed by atoms with Crippen molar-refractivity contribution < 1.29 is 19.4 Å². The van der Waals surface area contributed by atoms with Crippen LogP contribution < -0.4 is 4.74 Å². The number of rotatable bonds is 4. The molecule has 0 unspecified atom stereocenters. The van der Waals surface area contributed by atoms with Gasteiger partial charge in [0.05, 0.1) is 6.61 Å². The Labute approximate surface area is 120 Å². The maximum absolute atomic E-state index is 11.3. The van der Waals surface area contributed by atoms with E-state index in [1.165, 1.54) is 0 Å². The Morgan fingerprint density at radius 1 is 1.47 bits per heavy atom. The third-order valence-electron chi connectivity index (χ3n) is 3.27. The number of benzene rings is 1. The molecule has 0 atom stereocenters. The molecule has 0 spiro atoms. The van der Waals surface area contributed by atoms with Gasteiger partial charge in [-0.3, -0.25) is 0 Å². The van der Waals surface area contributed by atoms with Gasteiger partial charge in [-0.2, -0.15) is 0 Å². The fraction of sp³-hybridized carbons (Fsp3) is 0.500. The average Bonchev–Trinajstić information content (AvgIpc) is 2.38. The molecule has 2 rings (SSSR count). The largest absolute Gasteiger partial charge is 0.492 e. The number of hydrogen-bond acceptors (Lipinski definition) is 3. The highest BCUT2D eigenvalue weighted by atomic mass is 79.9. The third kappa shape index (κ3) is 3.70. The Hall–Kier alpha value is -1.07. The van der Waals surface area contributed by atoms with Gasteiger partial charge >= 0.3 is 5.97 Å². The predicted octanol–water partition coefficient (Wildman–Crippen LogP) is 3.26. The van der Waals surface area contributed by atoms with Crippen LogP contribution in [0.25, 0.3) is 0 Å². The lowest BCUT2D eigenvalue weighted by Crippen LogP contribution is -2.22. The molecular formula is C14H17BrO4. The van der Waals surface area contributed by atoms with Crippen molar-refractivity contribution in [2.45, 2.75) is 19.8 Å². The van der Waals surface area contributed by atoms with Crippen LogP contribution in [0, 0.1) is 12.8 Å². The van der Waals surface area contributed by atoms with Crippen molar-refractivity contribution in [3.05, 3.63) is 27.7 Å². The normalized spacial score (nSPS) is 16.3. The van der Waals surface area contributed by atoms with Crippen molar-refractivity contribution in [2.24, 2.45) is 5.92 Å². The molecule has 1 aliphatic rings. The minimum atomic E-state index is -0.966. The van der Waals surface area contributed by atoms with E-state index in [9.17, 15) is 9.90 Å². The highest BCUT2D eigenvalue weighted by Crippen LogP contribution is 2.29. The molecule has 104 valence electrons. The van der Waals surface area contributed by atoms with E-state index in [-0.39, 0.29) is 5.56 Å². The Morgan fingerprint density at radius 3 is 2.79 bits per heavy atom. The van der Waals surface area contributed by atoms with Crippen molar-refractivity contribution in [1.82, 2.24) is 0 Å². The van der Waals surface area contributed by atoms with E-state index in [4.69, 9.17) is 9.47 Å². The van der Waals surface area contributed by atoms with Gasteiger partial charge < -0.3 is 14.6 Å². The Bertz CT molecular complexity index is 467. The van der Waals surface area contributed by atoms with Crippen LogP contribution >= 0.6 is 15.9 Å². The van der Waals surface area contributed by atoms with Crippen molar-refractivity contribution in [2.75, 3.05) is 19.8 Å². The fourth-order valence-corrected chi connectivity index (χ4v) is 2.77. The molecule has 19 heavy (non-hydrogen) atoms. The topological polar surface area (TPSA) is 55.8 Å². The van der Waals surface area contributed by atoms with E-state index in [0.29, 0.717) is 18.3 Å². The number of hydrogen-bond donors (Lipinski definition) is 1. The number of ether oxygens (including phenoxy) is 2. The van der Waals surface area contributed by atoms with Crippen molar-refractivity contribution >= 4 is 21.9 Å². The van der Waals surface area contributed by atoms with E-state index in [2.05, 4.69) is 15.9 Å². The minimum absolute atomic E-state index is 0.207. The maximum Gasteiger partial charge on any atom is 0.339 e.